The second-order valence-electron chi connectivity index (χ2n) is 3.20. The van der Waals surface area contributed by atoms with Crippen molar-refractivity contribution >= 4 is 0 Å². The molecule has 0 aromatic rings. The summed E-state index contributed by atoms with van der Waals surface area (Å²) in [7, 11) is 0. The number of alkyl halides is 3. The summed E-state index contributed by atoms with van der Waals surface area (Å²) < 4.78 is 37.5. The van der Waals surface area contributed by atoms with Gasteiger partial charge in [-0.1, -0.05) is 30.6 Å². The van der Waals surface area contributed by atoms with Gasteiger partial charge in [-0.2, -0.15) is 24.8 Å². The van der Waals surface area contributed by atoms with Crippen LogP contribution in [0.15, 0.2) is 41.0 Å². The minimum Gasteiger partial charge on any atom is -1.00 e. The van der Waals surface area contributed by atoms with Crippen LogP contribution in [0.3, 0.4) is 0 Å². The minimum atomic E-state index is -4.25. The van der Waals surface area contributed by atoms with Crippen molar-refractivity contribution in [1.82, 2.24) is 0 Å². The number of rotatable bonds is 1. The molecule has 0 unspecified atom stereocenters. The van der Waals surface area contributed by atoms with E-state index < -0.39 is 11.7 Å². The van der Waals surface area contributed by atoms with E-state index in [1.807, 2.05) is 6.08 Å². The quantitative estimate of drug-likeness (QED) is 0.454. The van der Waals surface area contributed by atoms with E-state index in [-0.39, 0.29) is 63.0 Å². The molecule has 6 heteroatoms. The van der Waals surface area contributed by atoms with Crippen LogP contribution in [0.25, 0.3) is 0 Å². The number of halogens is 5. The fourth-order valence-electron chi connectivity index (χ4n) is 1.63. The standard InChI is InChI=1S/C11H8F3.2ClH.Zr/c12-11(13,14)10-7-3-6-9(10)8-4-1-2-5-8;;;/h1-2,4,7H,3,5H2;2*1H;/q-1;;;+3/p-2. The summed E-state index contributed by atoms with van der Waals surface area (Å²) in [6, 6.07) is 0. The zero-order chi connectivity index (χ0) is 10.2. The Morgan fingerprint density at radius 3 is 2.29 bits per heavy atom. The van der Waals surface area contributed by atoms with Crippen molar-refractivity contribution in [2.24, 2.45) is 0 Å². The Morgan fingerprint density at radius 2 is 1.82 bits per heavy atom. The van der Waals surface area contributed by atoms with Gasteiger partial charge in [0.1, 0.15) is 0 Å². The second kappa shape index (κ2) is 7.60. The predicted octanol–water partition coefficient (Wildman–Crippen LogP) is -2.50. The molecule has 0 aromatic heterocycles. The topological polar surface area (TPSA) is 0 Å². The van der Waals surface area contributed by atoms with E-state index >= 15 is 0 Å². The van der Waals surface area contributed by atoms with E-state index in [2.05, 4.69) is 6.08 Å². The number of hydrogen-bond acceptors (Lipinski definition) is 0. The Balaban J connectivity index is 0. The molecule has 1 radical (unpaired) electrons. The molecule has 0 heterocycles. The summed E-state index contributed by atoms with van der Waals surface area (Å²) >= 11 is 0. The summed E-state index contributed by atoms with van der Waals surface area (Å²) in [5.41, 5.74) is 0.418. The van der Waals surface area contributed by atoms with Crippen molar-refractivity contribution in [3.63, 3.8) is 0 Å². The third-order valence-electron chi connectivity index (χ3n) is 2.25. The molecule has 0 nitrogen and oxygen atoms in total. The van der Waals surface area contributed by atoms with E-state index in [0.717, 1.165) is 0 Å². The maximum atomic E-state index is 12.5. The van der Waals surface area contributed by atoms with Crippen LogP contribution in [0.1, 0.15) is 12.8 Å². The van der Waals surface area contributed by atoms with E-state index in [9.17, 15) is 13.2 Å². The van der Waals surface area contributed by atoms with E-state index in [1.165, 1.54) is 6.08 Å². The van der Waals surface area contributed by atoms with Gasteiger partial charge in [0.25, 0.3) is 0 Å². The summed E-state index contributed by atoms with van der Waals surface area (Å²) in [5, 5.41) is 0. The van der Waals surface area contributed by atoms with Crippen LogP contribution in [-0.4, -0.2) is 6.18 Å². The van der Waals surface area contributed by atoms with Crippen LogP contribution in [0.5, 0.6) is 0 Å². The van der Waals surface area contributed by atoms with Crippen LogP contribution >= 0.6 is 0 Å². The van der Waals surface area contributed by atoms with Crippen molar-refractivity contribution in [1.29, 1.82) is 0 Å². The van der Waals surface area contributed by atoms with Crippen molar-refractivity contribution in [3.05, 3.63) is 47.1 Å². The molecule has 91 valence electrons. The maximum Gasteiger partial charge on any atom is 3.00 e. The molecule has 0 saturated carbocycles. The first kappa shape index (κ1) is 19.6. The van der Waals surface area contributed by atoms with Crippen LogP contribution in [0, 0.1) is 6.08 Å². The zero-order valence-corrected chi connectivity index (χ0v) is 12.6. The largest absolute Gasteiger partial charge is 3.00 e. The average Bonchev–Trinajstić information content (AvgIpc) is 2.73. The Hall–Kier alpha value is 0.213. The molecule has 0 N–H and O–H groups in total. The van der Waals surface area contributed by atoms with E-state index in [4.69, 9.17) is 0 Å². The number of allylic oxidation sites excluding steroid dienone is 8. The van der Waals surface area contributed by atoms with Gasteiger partial charge in [-0.3, -0.25) is 0 Å². The molecule has 2 aliphatic carbocycles. The second-order valence-corrected chi connectivity index (χ2v) is 3.20. The monoisotopic (exact) mass is 357 g/mol. The molecule has 0 aliphatic heterocycles. The smallest absolute Gasteiger partial charge is 1.00 e. The molecule has 2 rings (SSSR count). The Labute approximate surface area is 130 Å². The van der Waals surface area contributed by atoms with Gasteiger partial charge in [-0.25, -0.2) is 0 Å². The average molecular weight is 359 g/mol. The molecule has 0 atom stereocenters. The summed E-state index contributed by atoms with van der Waals surface area (Å²) in [5.74, 6) is 0. The third-order valence-corrected chi connectivity index (χ3v) is 2.25. The predicted molar refractivity (Wildman–Crippen MR) is 47.4 cm³/mol. The summed E-state index contributed by atoms with van der Waals surface area (Å²) in [6.45, 7) is 0. The molecule has 0 aromatic carbocycles. The Kier molecular flexibility index (Phi) is 8.75. The van der Waals surface area contributed by atoms with Crippen LogP contribution in [0.4, 0.5) is 13.2 Å². The zero-order valence-electron chi connectivity index (χ0n) is 8.61. The Bertz CT molecular complexity index is 379. The first-order valence-corrected chi connectivity index (χ1v) is 4.33. The minimum absolute atomic E-state index is 0. The molecule has 0 bridgehead atoms. The molecule has 17 heavy (non-hydrogen) atoms. The molecule has 0 saturated heterocycles. The van der Waals surface area contributed by atoms with Crippen molar-refractivity contribution in [2.45, 2.75) is 19.0 Å². The van der Waals surface area contributed by atoms with Gasteiger partial charge in [-0.05, 0) is 0 Å². The van der Waals surface area contributed by atoms with Crippen LogP contribution < -0.4 is 24.8 Å². The first-order chi connectivity index (χ1) is 6.59. The van der Waals surface area contributed by atoms with Gasteiger partial charge in [0.2, 0.25) is 0 Å². The van der Waals surface area contributed by atoms with Crippen LogP contribution in [0.2, 0.25) is 0 Å². The Morgan fingerprint density at radius 1 is 1.18 bits per heavy atom. The summed E-state index contributed by atoms with van der Waals surface area (Å²) in [6.07, 6.45) is 5.87. The SMILES string of the molecule is FC(F)(F)C1=CC[C-]=C1C1=CC=CC1.[Cl-].[Cl-].[Zr+3]. The first-order valence-electron chi connectivity index (χ1n) is 4.33. The molecular weight excluding hydrogens is 351 g/mol. The van der Waals surface area contributed by atoms with Crippen molar-refractivity contribution < 1.29 is 64.2 Å². The van der Waals surface area contributed by atoms with Gasteiger partial charge >= 0.3 is 32.4 Å². The van der Waals surface area contributed by atoms with Gasteiger partial charge in [0, 0.05) is 0 Å². The fourth-order valence-corrected chi connectivity index (χ4v) is 1.63. The molecule has 0 amide bonds. The number of hydrogen-bond donors (Lipinski definition) is 0. The van der Waals surface area contributed by atoms with Gasteiger partial charge in [-0.15, -0.1) is 17.7 Å². The molecule has 2 aliphatic rings. The third kappa shape index (κ3) is 4.42. The van der Waals surface area contributed by atoms with Crippen molar-refractivity contribution in [2.75, 3.05) is 0 Å². The molecular formula is C11H8Cl2F3Zr. The fraction of sp³-hybridized carbons (Fsp3) is 0.273. The van der Waals surface area contributed by atoms with Gasteiger partial charge < -0.3 is 24.8 Å². The maximum absolute atomic E-state index is 12.5. The van der Waals surface area contributed by atoms with Crippen molar-refractivity contribution in [3.8, 4) is 0 Å². The van der Waals surface area contributed by atoms with Crippen LogP contribution in [-0.2, 0) is 26.2 Å². The summed E-state index contributed by atoms with van der Waals surface area (Å²) in [4.78, 5) is 0. The molecule has 0 fully saturated rings. The van der Waals surface area contributed by atoms with E-state index in [1.54, 1.807) is 12.2 Å². The van der Waals surface area contributed by atoms with E-state index in [0.29, 0.717) is 12.0 Å². The van der Waals surface area contributed by atoms with Gasteiger partial charge in [0.05, 0.1) is 0 Å². The van der Waals surface area contributed by atoms with Gasteiger partial charge in [0.15, 0.2) is 0 Å². The normalized spacial score (nSPS) is 17.2. The molecule has 0 spiro atoms.